The van der Waals surface area contributed by atoms with Crippen LogP contribution in [0.25, 0.3) is 5.65 Å². The fourth-order valence-electron chi connectivity index (χ4n) is 4.19. The third kappa shape index (κ3) is 4.04. The van der Waals surface area contributed by atoms with Crippen molar-refractivity contribution < 1.29 is 18.6 Å². The molecule has 2 aliphatic heterocycles. The van der Waals surface area contributed by atoms with Crippen molar-refractivity contribution in [3.05, 3.63) is 51.9 Å². The van der Waals surface area contributed by atoms with E-state index in [4.69, 9.17) is 45.6 Å². The number of nitrogens with zero attached hydrogens (tertiary/aromatic N) is 4. The van der Waals surface area contributed by atoms with Crippen LogP contribution in [0.5, 0.6) is 17.2 Å². The van der Waals surface area contributed by atoms with Gasteiger partial charge >= 0.3 is 0 Å². The molecule has 5 rings (SSSR count). The molecule has 1 fully saturated rings. The second-order valence-corrected chi connectivity index (χ2v) is 8.90. The molecule has 13 heteroatoms. The van der Waals surface area contributed by atoms with Gasteiger partial charge < -0.3 is 19.1 Å². The van der Waals surface area contributed by atoms with E-state index in [1.54, 1.807) is 6.07 Å². The molecular formula is C22H19B4FN4O4. The van der Waals surface area contributed by atoms with Gasteiger partial charge in [0.2, 0.25) is 0 Å². The van der Waals surface area contributed by atoms with Gasteiger partial charge in [0.25, 0.3) is 5.56 Å². The van der Waals surface area contributed by atoms with E-state index >= 15 is 4.39 Å². The Hall–Kier alpha value is -3.10. The predicted octanol–water partition coefficient (Wildman–Crippen LogP) is 0.455. The third-order valence-corrected chi connectivity index (χ3v) is 6.40. The average Bonchev–Trinajstić information content (AvgIpc) is 2.78. The van der Waals surface area contributed by atoms with Gasteiger partial charge in [0.1, 0.15) is 43.2 Å². The third-order valence-electron chi connectivity index (χ3n) is 6.40. The fourth-order valence-corrected chi connectivity index (χ4v) is 4.19. The number of halogens is 1. The highest BCUT2D eigenvalue weighted by Crippen LogP contribution is 2.41. The van der Waals surface area contributed by atoms with Crippen LogP contribution < -0.4 is 24.7 Å². The Kier molecular flexibility index (Phi) is 5.56. The molecule has 0 amide bonds. The first-order valence-corrected chi connectivity index (χ1v) is 11.1. The van der Waals surface area contributed by atoms with Crippen molar-refractivity contribution in [3.8, 4) is 17.2 Å². The first kappa shape index (κ1) is 23.6. The van der Waals surface area contributed by atoms with Gasteiger partial charge in [0.15, 0.2) is 29.1 Å². The highest BCUT2D eigenvalue weighted by Gasteiger charge is 2.43. The summed E-state index contributed by atoms with van der Waals surface area (Å²) in [6.07, 6.45) is -0.220. The van der Waals surface area contributed by atoms with Crippen LogP contribution in [0.15, 0.2) is 35.3 Å². The summed E-state index contributed by atoms with van der Waals surface area (Å²) in [6, 6.07) is 5.96. The van der Waals surface area contributed by atoms with Crippen molar-refractivity contribution >= 4 is 42.9 Å². The molecule has 8 radical (unpaired) electrons. The van der Waals surface area contributed by atoms with Gasteiger partial charge in [-0.3, -0.25) is 4.79 Å². The molecule has 0 unspecified atom stereocenters. The molecule has 2 atom stereocenters. The van der Waals surface area contributed by atoms with Crippen LogP contribution in [0, 0.1) is 13.8 Å². The van der Waals surface area contributed by atoms with Crippen LogP contribution in [0.1, 0.15) is 17.5 Å². The number of piperidine rings is 1. The number of ether oxygens (including phenoxy) is 3. The number of rotatable bonds is 3. The second-order valence-electron chi connectivity index (χ2n) is 8.90. The fraction of sp³-hybridized carbons (Fsp3) is 0.409. The average molecular weight is 466 g/mol. The van der Waals surface area contributed by atoms with Crippen LogP contribution >= 0.6 is 0 Å². The topological polar surface area (TPSA) is 78.2 Å². The molecule has 1 saturated heterocycles. The minimum Gasteiger partial charge on any atom is -0.501 e. The van der Waals surface area contributed by atoms with Gasteiger partial charge in [0.05, 0.1) is 6.54 Å². The highest BCUT2D eigenvalue weighted by molar-refractivity contribution is 6.53. The van der Waals surface area contributed by atoms with Gasteiger partial charge in [-0.2, -0.15) is 4.52 Å². The number of hydrogen-bond donors (Lipinski definition) is 0. The second kappa shape index (κ2) is 8.24. The largest absolute Gasteiger partial charge is 0.501 e. The van der Waals surface area contributed by atoms with Gasteiger partial charge in [-0.15, -0.1) is 5.10 Å². The lowest BCUT2D eigenvalue weighted by Gasteiger charge is -2.48. The number of benzene rings is 1. The summed E-state index contributed by atoms with van der Waals surface area (Å²) in [5.74, 6) is 1.30. The summed E-state index contributed by atoms with van der Waals surface area (Å²) >= 11 is 0. The Labute approximate surface area is 206 Å². The lowest BCUT2D eigenvalue weighted by Crippen LogP contribution is -2.65. The number of aryl methyl sites for hydroxylation is 1. The van der Waals surface area contributed by atoms with Crippen LogP contribution in [-0.4, -0.2) is 82.1 Å². The van der Waals surface area contributed by atoms with Crippen molar-refractivity contribution in [1.29, 1.82) is 0 Å². The SMILES string of the molecule is [B]C1([B])Oc2ccc(O[C@@H]3CCN(c4nn5c(=O)ccnc5c(C)c4C)C[C@@H]3F)cc2OC1([B])[B]. The van der Waals surface area contributed by atoms with Gasteiger partial charge in [0, 0.05) is 53.2 Å². The van der Waals surface area contributed by atoms with E-state index in [1.807, 2.05) is 18.7 Å². The first-order valence-electron chi connectivity index (χ1n) is 11.1. The van der Waals surface area contributed by atoms with E-state index in [0.29, 0.717) is 30.2 Å². The predicted molar refractivity (Wildman–Crippen MR) is 131 cm³/mol. The van der Waals surface area contributed by atoms with E-state index in [9.17, 15) is 4.79 Å². The molecule has 2 aliphatic rings. The molecule has 3 aromatic rings. The maximum atomic E-state index is 15.3. The molecule has 0 aliphatic carbocycles. The summed E-state index contributed by atoms with van der Waals surface area (Å²) in [7, 11) is 23.1. The van der Waals surface area contributed by atoms with Gasteiger partial charge in [-0.1, -0.05) is 0 Å². The maximum absolute atomic E-state index is 15.3. The smallest absolute Gasteiger partial charge is 0.274 e. The Bertz CT molecular complexity index is 1370. The van der Waals surface area contributed by atoms with Crippen molar-refractivity contribution in [2.45, 2.75) is 43.3 Å². The maximum Gasteiger partial charge on any atom is 0.274 e. The van der Waals surface area contributed by atoms with E-state index in [1.165, 1.54) is 28.9 Å². The molecular weight excluding hydrogens is 447 g/mol. The number of aromatic nitrogens is 3. The normalized spacial score (nSPS) is 22.7. The Morgan fingerprint density at radius 1 is 1.09 bits per heavy atom. The summed E-state index contributed by atoms with van der Waals surface area (Å²) < 4.78 is 33.3. The van der Waals surface area contributed by atoms with Crippen molar-refractivity contribution in [1.82, 2.24) is 14.6 Å². The molecule has 2 aromatic heterocycles. The number of alkyl halides is 1. The van der Waals surface area contributed by atoms with Crippen LogP contribution in [-0.2, 0) is 0 Å². The number of anilines is 1. The molecule has 170 valence electrons. The zero-order chi connectivity index (χ0) is 25.1. The Balaban J connectivity index is 1.33. The Morgan fingerprint density at radius 3 is 2.51 bits per heavy atom. The monoisotopic (exact) mass is 466 g/mol. The molecule has 35 heavy (non-hydrogen) atoms. The minimum absolute atomic E-state index is 0.0423. The lowest BCUT2D eigenvalue weighted by molar-refractivity contribution is 0.0587. The van der Waals surface area contributed by atoms with E-state index in [2.05, 4.69) is 10.1 Å². The molecule has 8 nitrogen and oxygen atoms in total. The van der Waals surface area contributed by atoms with Crippen LogP contribution in [0.4, 0.5) is 10.2 Å². The zero-order valence-corrected chi connectivity index (χ0v) is 19.3. The highest BCUT2D eigenvalue weighted by atomic mass is 19.1. The summed E-state index contributed by atoms with van der Waals surface area (Å²) in [6.45, 7) is 4.26. The Morgan fingerprint density at radius 2 is 1.80 bits per heavy atom. The minimum atomic E-state index is -1.98. The van der Waals surface area contributed by atoms with Crippen molar-refractivity contribution in [2.24, 2.45) is 0 Å². The molecule has 0 bridgehead atoms. The molecule has 0 saturated carbocycles. The molecule has 0 N–H and O–H groups in total. The zero-order valence-electron chi connectivity index (χ0n) is 19.3. The van der Waals surface area contributed by atoms with Crippen molar-refractivity contribution in [3.63, 3.8) is 0 Å². The number of hydrogen-bond acceptors (Lipinski definition) is 7. The van der Waals surface area contributed by atoms with E-state index < -0.39 is 23.1 Å². The quantitative estimate of drug-likeness (QED) is 0.520. The summed E-state index contributed by atoms with van der Waals surface area (Å²) in [4.78, 5) is 18.3. The number of fused-ring (bicyclic) bond motifs is 2. The summed E-state index contributed by atoms with van der Waals surface area (Å²) in [5, 5.41) is 0.545. The molecule has 1 aromatic carbocycles. The standard InChI is InChI=1S/C22H19B4FN4O4/c1-11-12(2)20(29-31-18(32)5-7-28-19(11)31)30-8-6-15(14(27)10-30)33-13-3-4-16-17(9-13)35-22(25,26)21(23,24)34-16/h3-5,7,9,14-15H,6,8,10H2,1-2H3/t14-,15+/m0/s1. The van der Waals surface area contributed by atoms with Gasteiger partial charge in [-0.25, -0.2) is 9.37 Å². The first-order chi connectivity index (χ1) is 16.5. The van der Waals surface area contributed by atoms with Gasteiger partial charge in [-0.05, 0) is 26.0 Å². The molecule has 4 heterocycles. The van der Waals surface area contributed by atoms with E-state index in [0.717, 1.165) is 11.1 Å². The summed E-state index contributed by atoms with van der Waals surface area (Å²) in [5.41, 5.74) is 1.83. The van der Waals surface area contributed by atoms with Crippen LogP contribution in [0.3, 0.4) is 0 Å². The van der Waals surface area contributed by atoms with E-state index in [-0.39, 0.29) is 23.6 Å². The van der Waals surface area contributed by atoms with Crippen molar-refractivity contribution in [2.75, 3.05) is 18.0 Å². The lowest BCUT2D eigenvalue weighted by atomic mass is 9.41. The van der Waals surface area contributed by atoms with Crippen LogP contribution in [0.2, 0.25) is 0 Å². The molecule has 0 spiro atoms.